The Bertz CT molecular complexity index is 454. The zero-order valence-electron chi connectivity index (χ0n) is 11.6. The molecule has 0 saturated heterocycles. The molecule has 1 rings (SSSR count). The molecule has 0 aliphatic heterocycles. The molecule has 0 radical (unpaired) electrons. The largest absolute Gasteiger partial charge is 0.748 e. The highest BCUT2D eigenvalue weighted by molar-refractivity contribution is 7.85. The number of nitrogens with zero attached hydrogens (tertiary/aromatic N) is 2. The molecule has 0 unspecified atom stereocenters. The van der Waals surface area contributed by atoms with E-state index in [1.807, 2.05) is 23.3 Å². The predicted molar refractivity (Wildman–Crippen MR) is 72.6 cm³/mol. The van der Waals surface area contributed by atoms with Gasteiger partial charge in [-0.25, -0.2) is 17.6 Å². The molecule has 1 aromatic rings. The lowest BCUT2D eigenvalue weighted by Gasteiger charge is -2.04. The number of hydrogen-bond acceptors (Lipinski definition) is 3. The SMILES string of the molecule is CCCCCCn1cc[n+](CCCCS(=O)(=O)[O-])c1. The summed E-state index contributed by atoms with van der Waals surface area (Å²) in [5.41, 5.74) is 0. The van der Waals surface area contributed by atoms with Crippen molar-refractivity contribution in [2.75, 3.05) is 5.75 Å². The highest BCUT2D eigenvalue weighted by Gasteiger charge is 2.04. The van der Waals surface area contributed by atoms with Crippen molar-refractivity contribution < 1.29 is 17.5 Å². The maximum Gasteiger partial charge on any atom is 0.243 e. The molecule has 1 aromatic heterocycles. The van der Waals surface area contributed by atoms with Gasteiger partial charge in [0.2, 0.25) is 6.33 Å². The fraction of sp³-hybridized carbons (Fsp3) is 0.769. The Morgan fingerprint density at radius 3 is 2.63 bits per heavy atom. The summed E-state index contributed by atoms with van der Waals surface area (Å²) in [6.45, 7) is 3.99. The van der Waals surface area contributed by atoms with Gasteiger partial charge in [-0.2, -0.15) is 0 Å². The summed E-state index contributed by atoms with van der Waals surface area (Å²) in [5.74, 6) is -0.259. The molecule has 0 fully saturated rings. The number of aromatic nitrogens is 2. The molecule has 110 valence electrons. The van der Waals surface area contributed by atoms with E-state index in [4.69, 9.17) is 0 Å². The van der Waals surface area contributed by atoms with E-state index in [1.165, 1.54) is 25.7 Å². The normalized spacial score (nSPS) is 11.9. The van der Waals surface area contributed by atoms with Crippen LogP contribution in [0, 0.1) is 0 Å². The van der Waals surface area contributed by atoms with Crippen molar-refractivity contribution >= 4 is 10.1 Å². The lowest BCUT2D eigenvalue weighted by atomic mass is 10.2. The molecule has 0 bridgehead atoms. The van der Waals surface area contributed by atoms with E-state index in [2.05, 4.69) is 11.5 Å². The Hall–Kier alpha value is -0.880. The number of aryl methyl sites for hydroxylation is 2. The van der Waals surface area contributed by atoms with Crippen LogP contribution in [0.15, 0.2) is 18.7 Å². The van der Waals surface area contributed by atoms with E-state index in [0.717, 1.165) is 13.1 Å². The average molecular weight is 288 g/mol. The maximum atomic E-state index is 10.5. The van der Waals surface area contributed by atoms with Crippen molar-refractivity contribution in [1.29, 1.82) is 0 Å². The summed E-state index contributed by atoms with van der Waals surface area (Å²) in [6.07, 6.45) is 12.2. The Balaban J connectivity index is 2.19. The Labute approximate surface area is 116 Å². The topological polar surface area (TPSA) is 66.0 Å². The molecule has 0 N–H and O–H groups in total. The summed E-state index contributed by atoms with van der Waals surface area (Å²) in [6, 6.07) is 0. The molecule has 19 heavy (non-hydrogen) atoms. The second kappa shape index (κ2) is 8.32. The second-order valence-corrected chi connectivity index (χ2v) is 6.44. The van der Waals surface area contributed by atoms with Gasteiger partial charge in [-0.05, 0) is 25.7 Å². The number of rotatable bonds is 10. The Morgan fingerprint density at radius 1 is 1.16 bits per heavy atom. The van der Waals surface area contributed by atoms with Crippen LogP contribution in [0.25, 0.3) is 0 Å². The van der Waals surface area contributed by atoms with Gasteiger partial charge in [0.25, 0.3) is 0 Å². The minimum atomic E-state index is -4.06. The van der Waals surface area contributed by atoms with E-state index in [0.29, 0.717) is 12.8 Å². The number of imidazole rings is 1. The van der Waals surface area contributed by atoms with Crippen LogP contribution in [0.4, 0.5) is 0 Å². The van der Waals surface area contributed by atoms with Crippen molar-refractivity contribution in [1.82, 2.24) is 4.57 Å². The third-order valence-corrected chi connectivity index (χ3v) is 3.87. The van der Waals surface area contributed by atoms with Crippen LogP contribution in [0.3, 0.4) is 0 Å². The third-order valence-electron chi connectivity index (χ3n) is 3.08. The minimum absolute atomic E-state index is 0.259. The van der Waals surface area contributed by atoms with Crippen molar-refractivity contribution in [3.8, 4) is 0 Å². The summed E-state index contributed by atoms with van der Waals surface area (Å²) in [7, 11) is -4.06. The van der Waals surface area contributed by atoms with Crippen LogP contribution in [-0.2, 0) is 23.2 Å². The molecule has 6 heteroatoms. The van der Waals surface area contributed by atoms with Crippen LogP contribution >= 0.6 is 0 Å². The average Bonchev–Trinajstić information content (AvgIpc) is 2.77. The van der Waals surface area contributed by atoms with Gasteiger partial charge in [-0.1, -0.05) is 19.8 Å². The molecule has 5 nitrogen and oxygen atoms in total. The third kappa shape index (κ3) is 8.00. The molecular weight excluding hydrogens is 264 g/mol. The summed E-state index contributed by atoms with van der Waals surface area (Å²) >= 11 is 0. The summed E-state index contributed by atoms with van der Waals surface area (Å²) in [5, 5.41) is 0. The minimum Gasteiger partial charge on any atom is -0.748 e. The smallest absolute Gasteiger partial charge is 0.243 e. The van der Waals surface area contributed by atoms with Crippen LogP contribution in [0.2, 0.25) is 0 Å². The van der Waals surface area contributed by atoms with Crippen LogP contribution in [0.1, 0.15) is 45.4 Å². The van der Waals surface area contributed by atoms with E-state index in [-0.39, 0.29) is 5.75 Å². The maximum absolute atomic E-state index is 10.5. The van der Waals surface area contributed by atoms with Gasteiger partial charge in [0.15, 0.2) is 0 Å². The van der Waals surface area contributed by atoms with Crippen LogP contribution < -0.4 is 4.57 Å². The number of hydrogen-bond donors (Lipinski definition) is 0. The zero-order chi connectivity index (χ0) is 14.1. The lowest BCUT2D eigenvalue weighted by molar-refractivity contribution is -0.696. The van der Waals surface area contributed by atoms with Crippen molar-refractivity contribution in [3.05, 3.63) is 18.7 Å². The highest BCUT2D eigenvalue weighted by atomic mass is 32.2. The first-order chi connectivity index (χ1) is 9.01. The van der Waals surface area contributed by atoms with Gasteiger partial charge in [0, 0.05) is 5.75 Å². The van der Waals surface area contributed by atoms with Gasteiger partial charge < -0.3 is 4.55 Å². The van der Waals surface area contributed by atoms with Crippen molar-refractivity contribution in [3.63, 3.8) is 0 Å². The quantitative estimate of drug-likeness (QED) is 0.374. The summed E-state index contributed by atoms with van der Waals surface area (Å²) < 4.78 is 35.5. The van der Waals surface area contributed by atoms with Gasteiger partial charge >= 0.3 is 0 Å². The first-order valence-electron chi connectivity index (χ1n) is 6.99. The highest BCUT2D eigenvalue weighted by Crippen LogP contribution is 2.01. The summed E-state index contributed by atoms with van der Waals surface area (Å²) in [4.78, 5) is 0. The Kier molecular flexibility index (Phi) is 7.09. The molecule has 0 aliphatic carbocycles. The fourth-order valence-electron chi connectivity index (χ4n) is 2.00. The van der Waals surface area contributed by atoms with Crippen molar-refractivity contribution in [2.24, 2.45) is 0 Å². The van der Waals surface area contributed by atoms with E-state index in [9.17, 15) is 13.0 Å². The molecule has 0 saturated carbocycles. The molecule has 0 atom stereocenters. The fourth-order valence-corrected chi connectivity index (χ4v) is 2.56. The monoisotopic (exact) mass is 288 g/mol. The van der Waals surface area contributed by atoms with Gasteiger partial charge in [-0.3, -0.25) is 0 Å². The van der Waals surface area contributed by atoms with Crippen LogP contribution in [-0.4, -0.2) is 23.3 Å². The molecule has 0 spiro atoms. The molecular formula is C13H24N2O3S. The second-order valence-electron chi connectivity index (χ2n) is 4.92. The molecule has 0 aliphatic rings. The standard InChI is InChI=1S/C13H24N2O3S/c1-2-3-4-5-8-14-10-11-15(13-14)9-6-7-12-19(16,17)18/h10-11,13H,2-9,12H2,1H3. The lowest BCUT2D eigenvalue weighted by Crippen LogP contribution is -2.31. The van der Waals surface area contributed by atoms with Gasteiger partial charge in [-0.15, -0.1) is 0 Å². The molecule has 1 heterocycles. The predicted octanol–water partition coefficient (Wildman–Crippen LogP) is 1.68. The molecule has 0 amide bonds. The first-order valence-corrected chi connectivity index (χ1v) is 8.57. The van der Waals surface area contributed by atoms with E-state index < -0.39 is 10.1 Å². The van der Waals surface area contributed by atoms with Gasteiger partial charge in [0.05, 0.1) is 23.2 Å². The van der Waals surface area contributed by atoms with Crippen molar-refractivity contribution in [2.45, 2.75) is 58.5 Å². The van der Waals surface area contributed by atoms with Crippen LogP contribution in [0.5, 0.6) is 0 Å². The van der Waals surface area contributed by atoms with E-state index >= 15 is 0 Å². The number of unbranched alkanes of at least 4 members (excludes halogenated alkanes) is 4. The Morgan fingerprint density at radius 2 is 1.95 bits per heavy atom. The molecule has 0 aromatic carbocycles. The zero-order valence-corrected chi connectivity index (χ0v) is 12.4. The van der Waals surface area contributed by atoms with Gasteiger partial charge in [0.1, 0.15) is 12.4 Å². The van der Waals surface area contributed by atoms with E-state index in [1.54, 1.807) is 0 Å². The first kappa shape index (κ1) is 16.2.